The molecule has 0 radical (unpaired) electrons. The molecule has 0 fully saturated rings. The molecule has 0 amide bonds. The Morgan fingerprint density at radius 3 is 2.63 bits per heavy atom. The fourth-order valence-corrected chi connectivity index (χ4v) is 1.38. The number of carbonyl (C=O) groups excluding carboxylic acids is 1. The Kier molecular flexibility index (Phi) is 6.20. The second kappa shape index (κ2) is 7.96. The standard InChI is InChI=1S/C11H16N4O4/c1-19-10(16)5-3-2-4-6-12-11-13-7-9(8-14-11)15(17)18/h7-8H,2-6H2,1H3,(H,12,13,14). The fourth-order valence-electron chi connectivity index (χ4n) is 1.38. The van der Waals surface area contributed by atoms with Crippen LogP contribution in [-0.2, 0) is 9.53 Å². The van der Waals surface area contributed by atoms with Crippen LogP contribution in [0, 0.1) is 10.1 Å². The Hall–Kier alpha value is -2.25. The average molecular weight is 268 g/mol. The Labute approximate surface area is 110 Å². The van der Waals surface area contributed by atoms with Gasteiger partial charge in [0, 0.05) is 13.0 Å². The van der Waals surface area contributed by atoms with E-state index in [9.17, 15) is 14.9 Å². The van der Waals surface area contributed by atoms with Crippen molar-refractivity contribution < 1.29 is 14.5 Å². The summed E-state index contributed by atoms with van der Waals surface area (Å²) in [6.07, 6.45) is 5.26. The monoisotopic (exact) mass is 268 g/mol. The highest BCUT2D eigenvalue weighted by Crippen LogP contribution is 2.08. The lowest BCUT2D eigenvalue weighted by molar-refractivity contribution is -0.385. The normalized spacial score (nSPS) is 9.95. The highest BCUT2D eigenvalue weighted by Gasteiger charge is 2.06. The molecule has 19 heavy (non-hydrogen) atoms. The van der Waals surface area contributed by atoms with Crippen LogP contribution in [0.15, 0.2) is 12.4 Å². The summed E-state index contributed by atoms with van der Waals surface area (Å²) in [6, 6.07) is 0. The molecule has 1 heterocycles. The van der Waals surface area contributed by atoms with E-state index in [1.807, 2.05) is 0 Å². The van der Waals surface area contributed by atoms with Crippen LogP contribution < -0.4 is 5.32 Å². The van der Waals surface area contributed by atoms with E-state index in [1.165, 1.54) is 7.11 Å². The molecular weight excluding hydrogens is 252 g/mol. The maximum atomic E-state index is 10.8. The topological polar surface area (TPSA) is 107 Å². The molecule has 0 aliphatic rings. The molecule has 0 aliphatic carbocycles. The van der Waals surface area contributed by atoms with Gasteiger partial charge in [-0.3, -0.25) is 14.9 Å². The van der Waals surface area contributed by atoms with Crippen molar-refractivity contribution in [3.05, 3.63) is 22.5 Å². The largest absolute Gasteiger partial charge is 0.469 e. The second-order valence-corrected chi connectivity index (χ2v) is 3.84. The molecule has 8 heteroatoms. The van der Waals surface area contributed by atoms with Gasteiger partial charge in [0.1, 0.15) is 12.4 Å². The first-order valence-electron chi connectivity index (χ1n) is 5.90. The molecule has 104 valence electrons. The van der Waals surface area contributed by atoms with Crippen LogP contribution in [-0.4, -0.2) is 34.5 Å². The first-order valence-corrected chi connectivity index (χ1v) is 5.90. The zero-order chi connectivity index (χ0) is 14.1. The Balaban J connectivity index is 2.15. The summed E-state index contributed by atoms with van der Waals surface area (Å²) in [5.41, 5.74) is -0.136. The Morgan fingerprint density at radius 1 is 1.37 bits per heavy atom. The molecule has 0 saturated carbocycles. The van der Waals surface area contributed by atoms with Crippen molar-refractivity contribution in [2.75, 3.05) is 19.0 Å². The second-order valence-electron chi connectivity index (χ2n) is 3.84. The molecular formula is C11H16N4O4. The SMILES string of the molecule is COC(=O)CCCCCNc1ncc([N+](=O)[O-])cn1. The van der Waals surface area contributed by atoms with E-state index in [4.69, 9.17) is 0 Å². The average Bonchev–Trinajstić information content (AvgIpc) is 2.42. The van der Waals surface area contributed by atoms with Crippen molar-refractivity contribution in [2.24, 2.45) is 0 Å². The quantitative estimate of drug-likeness (QED) is 0.329. The number of nitrogens with zero attached hydrogens (tertiary/aromatic N) is 3. The highest BCUT2D eigenvalue weighted by atomic mass is 16.6. The minimum absolute atomic E-state index is 0.136. The number of ether oxygens (including phenoxy) is 1. The highest BCUT2D eigenvalue weighted by molar-refractivity contribution is 5.68. The van der Waals surface area contributed by atoms with E-state index < -0.39 is 4.92 Å². The number of esters is 1. The maximum Gasteiger partial charge on any atom is 0.305 e. The first-order chi connectivity index (χ1) is 9.13. The lowest BCUT2D eigenvalue weighted by Gasteiger charge is -2.03. The molecule has 0 atom stereocenters. The zero-order valence-corrected chi connectivity index (χ0v) is 10.7. The van der Waals surface area contributed by atoms with Crippen LogP contribution in [0.5, 0.6) is 0 Å². The van der Waals surface area contributed by atoms with Crippen LogP contribution in [0.4, 0.5) is 11.6 Å². The van der Waals surface area contributed by atoms with E-state index in [-0.39, 0.29) is 11.7 Å². The molecule has 8 nitrogen and oxygen atoms in total. The van der Waals surface area contributed by atoms with Crippen molar-refractivity contribution in [2.45, 2.75) is 25.7 Å². The van der Waals surface area contributed by atoms with E-state index in [1.54, 1.807) is 0 Å². The molecule has 0 saturated heterocycles. The van der Waals surface area contributed by atoms with E-state index >= 15 is 0 Å². The van der Waals surface area contributed by atoms with Gasteiger partial charge in [-0.1, -0.05) is 6.42 Å². The Morgan fingerprint density at radius 2 is 2.05 bits per heavy atom. The van der Waals surface area contributed by atoms with Gasteiger partial charge in [-0.05, 0) is 12.8 Å². The molecule has 0 spiro atoms. The molecule has 0 bridgehead atoms. The first kappa shape index (κ1) is 14.8. The van der Waals surface area contributed by atoms with Gasteiger partial charge in [0.2, 0.25) is 5.95 Å². The maximum absolute atomic E-state index is 10.8. The van der Waals surface area contributed by atoms with Crippen LogP contribution in [0.3, 0.4) is 0 Å². The molecule has 1 rings (SSSR count). The van der Waals surface area contributed by atoms with E-state index in [0.29, 0.717) is 18.9 Å². The zero-order valence-electron chi connectivity index (χ0n) is 10.7. The number of aromatic nitrogens is 2. The van der Waals surface area contributed by atoms with Crippen molar-refractivity contribution >= 4 is 17.6 Å². The number of carbonyl (C=O) groups is 1. The summed E-state index contributed by atoms with van der Waals surface area (Å²) in [5.74, 6) is 0.158. The number of nitrogens with one attached hydrogen (secondary N) is 1. The Bertz CT molecular complexity index is 421. The van der Waals surface area contributed by atoms with Gasteiger partial charge in [0.15, 0.2) is 0 Å². The summed E-state index contributed by atoms with van der Waals surface area (Å²) in [7, 11) is 1.37. The van der Waals surface area contributed by atoms with Gasteiger partial charge in [-0.15, -0.1) is 0 Å². The summed E-state index contributed by atoms with van der Waals surface area (Å²) in [4.78, 5) is 28.3. The molecule has 1 aromatic rings. The van der Waals surface area contributed by atoms with Crippen molar-refractivity contribution in [3.8, 4) is 0 Å². The summed E-state index contributed by atoms with van der Waals surface area (Å²) < 4.78 is 4.53. The molecule has 0 unspecified atom stereocenters. The summed E-state index contributed by atoms with van der Waals surface area (Å²) in [6.45, 7) is 0.652. The third-order valence-electron chi connectivity index (χ3n) is 2.42. The van der Waals surface area contributed by atoms with Gasteiger partial charge in [0.05, 0.1) is 12.0 Å². The van der Waals surface area contributed by atoms with Crippen molar-refractivity contribution in [1.29, 1.82) is 0 Å². The minimum atomic E-state index is -0.545. The van der Waals surface area contributed by atoms with Gasteiger partial charge in [-0.25, -0.2) is 9.97 Å². The number of rotatable bonds is 8. The third kappa shape index (κ3) is 5.75. The number of nitro groups is 1. The lowest BCUT2D eigenvalue weighted by atomic mass is 10.2. The summed E-state index contributed by atoms with van der Waals surface area (Å²) in [5, 5.41) is 13.3. The van der Waals surface area contributed by atoms with Crippen LogP contribution >= 0.6 is 0 Å². The number of methoxy groups -OCH3 is 1. The number of hydrogen-bond donors (Lipinski definition) is 1. The van der Waals surface area contributed by atoms with Crippen LogP contribution in [0.1, 0.15) is 25.7 Å². The predicted octanol–water partition coefficient (Wildman–Crippen LogP) is 1.53. The fraction of sp³-hybridized carbons (Fsp3) is 0.545. The van der Waals surface area contributed by atoms with Gasteiger partial charge in [-0.2, -0.15) is 0 Å². The van der Waals surface area contributed by atoms with Gasteiger partial charge >= 0.3 is 11.7 Å². The summed E-state index contributed by atoms with van der Waals surface area (Å²) >= 11 is 0. The van der Waals surface area contributed by atoms with Crippen molar-refractivity contribution in [1.82, 2.24) is 9.97 Å². The van der Waals surface area contributed by atoms with Gasteiger partial charge < -0.3 is 10.1 Å². The van der Waals surface area contributed by atoms with Crippen molar-refractivity contribution in [3.63, 3.8) is 0 Å². The van der Waals surface area contributed by atoms with E-state index in [2.05, 4.69) is 20.0 Å². The molecule has 1 aromatic heterocycles. The third-order valence-corrected chi connectivity index (χ3v) is 2.42. The molecule has 0 aromatic carbocycles. The van der Waals surface area contributed by atoms with E-state index in [0.717, 1.165) is 31.7 Å². The predicted molar refractivity (Wildman–Crippen MR) is 67.7 cm³/mol. The van der Waals surface area contributed by atoms with Gasteiger partial charge in [0.25, 0.3) is 0 Å². The molecule has 0 aliphatic heterocycles. The van der Waals surface area contributed by atoms with Crippen LogP contribution in [0.25, 0.3) is 0 Å². The smallest absolute Gasteiger partial charge is 0.305 e. The number of hydrogen-bond acceptors (Lipinski definition) is 7. The minimum Gasteiger partial charge on any atom is -0.469 e. The number of unbranched alkanes of at least 4 members (excludes halogenated alkanes) is 2. The molecule has 1 N–H and O–H groups in total. The number of anilines is 1. The van der Waals surface area contributed by atoms with Crippen LogP contribution in [0.2, 0.25) is 0 Å². The lowest BCUT2D eigenvalue weighted by Crippen LogP contribution is -2.06.